The maximum Gasteiger partial charge on any atom is 0.410 e. The van der Waals surface area contributed by atoms with Crippen molar-refractivity contribution in [1.82, 2.24) is 4.90 Å². The van der Waals surface area contributed by atoms with Gasteiger partial charge in [0.15, 0.2) is 0 Å². The molecule has 1 aromatic carbocycles. The molecule has 5 heteroatoms. The van der Waals surface area contributed by atoms with E-state index in [-0.39, 0.29) is 12.2 Å². The monoisotopic (exact) mass is 278 g/mol. The smallest absolute Gasteiger partial charge is 0.410 e. The number of para-hydroxylation sites is 2. The molecule has 1 heterocycles. The second-order valence-corrected chi connectivity index (χ2v) is 5.99. The predicted molar refractivity (Wildman–Crippen MR) is 77.7 cm³/mol. The zero-order chi connectivity index (χ0) is 14.8. The van der Waals surface area contributed by atoms with E-state index >= 15 is 0 Å². The Morgan fingerprint density at radius 3 is 2.70 bits per heavy atom. The van der Waals surface area contributed by atoms with Crippen LogP contribution in [0.4, 0.5) is 10.5 Å². The minimum Gasteiger partial charge on any atom is -0.486 e. The number of nitrogens with two attached hydrogens (primary N) is 1. The van der Waals surface area contributed by atoms with Crippen LogP contribution in [0.15, 0.2) is 24.3 Å². The summed E-state index contributed by atoms with van der Waals surface area (Å²) in [5, 5.41) is 0. The Morgan fingerprint density at radius 2 is 2.05 bits per heavy atom. The molecule has 1 saturated heterocycles. The number of ether oxygens (including phenoxy) is 2. The summed E-state index contributed by atoms with van der Waals surface area (Å²) < 4.78 is 11.2. The van der Waals surface area contributed by atoms with E-state index in [2.05, 4.69) is 0 Å². The molecule has 0 radical (unpaired) electrons. The van der Waals surface area contributed by atoms with Crippen LogP contribution in [-0.2, 0) is 4.74 Å². The highest BCUT2D eigenvalue weighted by molar-refractivity contribution is 5.68. The van der Waals surface area contributed by atoms with Gasteiger partial charge in [-0.05, 0) is 32.9 Å². The van der Waals surface area contributed by atoms with Gasteiger partial charge in [0.25, 0.3) is 0 Å². The lowest BCUT2D eigenvalue weighted by atomic mass is 10.2. The first-order valence-corrected chi connectivity index (χ1v) is 6.84. The van der Waals surface area contributed by atoms with Crippen LogP contribution in [0.1, 0.15) is 27.2 Å². The third kappa shape index (κ3) is 3.79. The van der Waals surface area contributed by atoms with Crippen molar-refractivity contribution in [1.29, 1.82) is 0 Å². The third-order valence-corrected chi connectivity index (χ3v) is 3.01. The summed E-state index contributed by atoms with van der Waals surface area (Å²) >= 11 is 0. The van der Waals surface area contributed by atoms with Crippen LogP contribution < -0.4 is 10.5 Å². The molecule has 1 aliphatic rings. The minimum atomic E-state index is -0.472. The van der Waals surface area contributed by atoms with Gasteiger partial charge in [-0.3, -0.25) is 0 Å². The van der Waals surface area contributed by atoms with Crippen molar-refractivity contribution in [2.24, 2.45) is 0 Å². The number of rotatable bonds is 2. The third-order valence-electron chi connectivity index (χ3n) is 3.01. The lowest BCUT2D eigenvalue weighted by molar-refractivity contribution is 0.0276. The lowest BCUT2D eigenvalue weighted by Crippen LogP contribution is -2.36. The number of amides is 1. The first-order chi connectivity index (χ1) is 9.35. The molecule has 2 N–H and O–H groups in total. The van der Waals surface area contributed by atoms with E-state index in [1.54, 1.807) is 11.0 Å². The molecular weight excluding hydrogens is 256 g/mol. The van der Waals surface area contributed by atoms with Gasteiger partial charge >= 0.3 is 6.09 Å². The van der Waals surface area contributed by atoms with Gasteiger partial charge in [0.2, 0.25) is 0 Å². The molecule has 0 spiro atoms. The van der Waals surface area contributed by atoms with Crippen molar-refractivity contribution >= 4 is 11.8 Å². The fourth-order valence-electron chi connectivity index (χ4n) is 2.08. The quantitative estimate of drug-likeness (QED) is 0.845. The van der Waals surface area contributed by atoms with Crippen molar-refractivity contribution in [2.75, 3.05) is 18.8 Å². The Kier molecular flexibility index (Phi) is 4.06. The lowest BCUT2D eigenvalue weighted by Gasteiger charge is -2.24. The van der Waals surface area contributed by atoms with E-state index < -0.39 is 5.60 Å². The van der Waals surface area contributed by atoms with E-state index in [9.17, 15) is 4.79 Å². The molecule has 20 heavy (non-hydrogen) atoms. The molecule has 110 valence electrons. The number of nitrogens with zero attached hydrogens (tertiary/aromatic N) is 1. The average Bonchev–Trinajstić information content (AvgIpc) is 2.79. The number of benzene rings is 1. The van der Waals surface area contributed by atoms with E-state index in [1.165, 1.54) is 0 Å². The molecule has 1 aromatic rings. The largest absolute Gasteiger partial charge is 0.486 e. The molecule has 0 unspecified atom stereocenters. The molecule has 1 amide bonds. The van der Waals surface area contributed by atoms with Crippen LogP contribution in [0.25, 0.3) is 0 Å². The highest BCUT2D eigenvalue weighted by Crippen LogP contribution is 2.24. The maximum atomic E-state index is 11.9. The molecular formula is C15H22N2O3. The van der Waals surface area contributed by atoms with Crippen molar-refractivity contribution < 1.29 is 14.3 Å². The number of hydrogen-bond acceptors (Lipinski definition) is 4. The van der Waals surface area contributed by atoms with Gasteiger partial charge < -0.3 is 20.1 Å². The Morgan fingerprint density at radius 1 is 1.35 bits per heavy atom. The molecule has 0 bridgehead atoms. The standard InChI is InChI=1S/C15H22N2O3/c1-15(2,3)20-14(18)17-9-8-11(10-17)19-13-7-5-4-6-12(13)16/h4-7,11H,8-10,16H2,1-3H3/t11-/m0/s1. The van der Waals surface area contributed by atoms with Gasteiger partial charge in [-0.15, -0.1) is 0 Å². The van der Waals surface area contributed by atoms with Gasteiger partial charge in [0.1, 0.15) is 17.5 Å². The van der Waals surface area contributed by atoms with Crippen molar-refractivity contribution in [2.45, 2.75) is 38.9 Å². The summed E-state index contributed by atoms with van der Waals surface area (Å²) in [6.45, 7) is 6.76. The number of hydrogen-bond donors (Lipinski definition) is 1. The highest BCUT2D eigenvalue weighted by Gasteiger charge is 2.31. The summed E-state index contributed by atoms with van der Waals surface area (Å²) in [5.74, 6) is 0.670. The minimum absolute atomic E-state index is 0.0350. The van der Waals surface area contributed by atoms with Crippen molar-refractivity contribution in [3.63, 3.8) is 0 Å². The van der Waals surface area contributed by atoms with Gasteiger partial charge in [-0.2, -0.15) is 0 Å². The van der Waals surface area contributed by atoms with Crippen LogP contribution >= 0.6 is 0 Å². The molecule has 5 nitrogen and oxygen atoms in total. The zero-order valence-electron chi connectivity index (χ0n) is 12.3. The topological polar surface area (TPSA) is 64.8 Å². The van der Waals surface area contributed by atoms with Gasteiger partial charge in [-0.1, -0.05) is 12.1 Å². The molecule has 0 aliphatic carbocycles. The highest BCUT2D eigenvalue weighted by atomic mass is 16.6. The van der Waals surface area contributed by atoms with Crippen LogP contribution in [0.5, 0.6) is 5.75 Å². The Bertz CT molecular complexity index is 482. The molecule has 0 aromatic heterocycles. The first kappa shape index (κ1) is 14.5. The number of nitrogen functional groups attached to an aromatic ring is 1. The van der Waals surface area contributed by atoms with Gasteiger partial charge in [-0.25, -0.2) is 4.79 Å². The Hall–Kier alpha value is -1.91. The number of likely N-dealkylation sites (tertiary alicyclic amines) is 1. The van der Waals surface area contributed by atoms with E-state index in [4.69, 9.17) is 15.2 Å². The second-order valence-electron chi connectivity index (χ2n) is 5.99. The van der Waals surface area contributed by atoms with E-state index in [1.807, 2.05) is 39.0 Å². The second kappa shape index (κ2) is 5.61. The van der Waals surface area contributed by atoms with Crippen LogP contribution in [-0.4, -0.2) is 35.8 Å². The Balaban J connectivity index is 1.90. The zero-order valence-corrected chi connectivity index (χ0v) is 12.3. The number of carbonyl (C=O) groups is 1. The number of anilines is 1. The van der Waals surface area contributed by atoms with Crippen LogP contribution in [0.3, 0.4) is 0 Å². The average molecular weight is 278 g/mol. The summed E-state index contributed by atoms with van der Waals surface area (Å²) in [6, 6.07) is 7.39. The fraction of sp³-hybridized carbons (Fsp3) is 0.533. The Labute approximate surface area is 119 Å². The van der Waals surface area contributed by atoms with Crippen LogP contribution in [0, 0.1) is 0 Å². The fourth-order valence-corrected chi connectivity index (χ4v) is 2.08. The van der Waals surface area contributed by atoms with Crippen molar-refractivity contribution in [3.05, 3.63) is 24.3 Å². The summed E-state index contributed by atoms with van der Waals surface area (Å²) in [5.41, 5.74) is 5.99. The SMILES string of the molecule is CC(C)(C)OC(=O)N1CC[C@H](Oc2ccccc2N)C1. The number of carbonyl (C=O) groups excluding carboxylic acids is 1. The first-order valence-electron chi connectivity index (χ1n) is 6.84. The maximum absolute atomic E-state index is 11.9. The van der Waals surface area contributed by atoms with Crippen molar-refractivity contribution in [3.8, 4) is 5.75 Å². The molecule has 1 aliphatic heterocycles. The summed E-state index contributed by atoms with van der Waals surface area (Å²) in [6.07, 6.45) is 0.463. The molecule has 1 fully saturated rings. The molecule has 1 atom stereocenters. The molecule has 2 rings (SSSR count). The van der Waals surface area contributed by atoms with E-state index in [0.29, 0.717) is 24.5 Å². The summed E-state index contributed by atoms with van der Waals surface area (Å²) in [4.78, 5) is 13.6. The summed E-state index contributed by atoms with van der Waals surface area (Å²) in [7, 11) is 0. The van der Waals surface area contributed by atoms with Gasteiger partial charge in [0, 0.05) is 13.0 Å². The molecule has 0 saturated carbocycles. The van der Waals surface area contributed by atoms with E-state index in [0.717, 1.165) is 6.42 Å². The van der Waals surface area contributed by atoms with Crippen LogP contribution in [0.2, 0.25) is 0 Å². The normalized spacial score (nSPS) is 18.9. The van der Waals surface area contributed by atoms with Gasteiger partial charge in [0.05, 0.1) is 12.2 Å². The predicted octanol–water partition coefficient (Wildman–Crippen LogP) is 2.66.